The third-order valence-electron chi connectivity index (χ3n) is 5.90. The Balaban J connectivity index is 1.39. The van der Waals surface area contributed by atoms with Crippen molar-refractivity contribution < 1.29 is 18.7 Å². The number of rotatable bonds is 5. The fourth-order valence-corrected chi connectivity index (χ4v) is 4.30. The molecule has 1 unspecified atom stereocenters. The number of hydrogen-bond donors (Lipinski definition) is 1. The van der Waals surface area contributed by atoms with E-state index in [4.69, 9.17) is 19.0 Å². The number of hydrogen-bond acceptors (Lipinski definition) is 6. The molecule has 1 fully saturated rings. The maximum atomic E-state index is 12.8. The third kappa shape index (κ3) is 3.88. The van der Waals surface area contributed by atoms with E-state index in [-0.39, 0.29) is 17.9 Å². The molecule has 3 aromatic heterocycles. The van der Waals surface area contributed by atoms with Gasteiger partial charge in [-0.1, -0.05) is 13.0 Å². The maximum Gasteiger partial charge on any atom is 0.287 e. The molecule has 2 aliphatic rings. The first-order valence-electron chi connectivity index (χ1n) is 10.7. The molecule has 2 atom stereocenters. The van der Waals surface area contributed by atoms with Crippen LogP contribution in [0.1, 0.15) is 46.0 Å². The molecule has 0 aromatic carbocycles. The Hall–Kier alpha value is -2.97. The number of carbonyl (C=O) groups is 1. The molecular weight excluding hydrogens is 396 g/mol. The summed E-state index contributed by atoms with van der Waals surface area (Å²) in [6.45, 7) is 6.72. The monoisotopic (exact) mass is 422 g/mol. The largest absolute Gasteiger partial charge is 0.455 e. The van der Waals surface area contributed by atoms with Gasteiger partial charge in [0.25, 0.3) is 5.91 Å². The molecule has 1 N–H and O–H groups in total. The van der Waals surface area contributed by atoms with E-state index >= 15 is 0 Å². The van der Waals surface area contributed by atoms with Crippen LogP contribution in [0, 0.1) is 6.92 Å². The summed E-state index contributed by atoms with van der Waals surface area (Å²) in [5.41, 5.74) is 4.79. The second-order valence-corrected chi connectivity index (χ2v) is 8.19. The summed E-state index contributed by atoms with van der Waals surface area (Å²) in [6.07, 6.45) is 4.49. The highest BCUT2D eigenvalue weighted by molar-refractivity contribution is 5.95. The van der Waals surface area contributed by atoms with Gasteiger partial charge in [0.2, 0.25) is 0 Å². The minimum atomic E-state index is -0.233. The molecule has 4 heterocycles. The maximum absolute atomic E-state index is 12.8. The van der Waals surface area contributed by atoms with E-state index in [2.05, 4.69) is 23.4 Å². The molecule has 1 aliphatic carbocycles. The first-order valence-corrected chi connectivity index (χ1v) is 10.7. The highest BCUT2D eigenvalue weighted by Crippen LogP contribution is 2.42. The van der Waals surface area contributed by atoms with E-state index in [9.17, 15) is 4.79 Å². The van der Waals surface area contributed by atoms with E-state index in [0.29, 0.717) is 38.7 Å². The summed E-state index contributed by atoms with van der Waals surface area (Å²) >= 11 is 0. The summed E-state index contributed by atoms with van der Waals surface area (Å²) in [4.78, 5) is 17.2. The van der Waals surface area contributed by atoms with E-state index in [1.807, 2.05) is 29.8 Å². The van der Waals surface area contributed by atoms with Crippen molar-refractivity contribution in [1.82, 2.24) is 20.1 Å². The highest BCUT2D eigenvalue weighted by atomic mass is 16.6. The van der Waals surface area contributed by atoms with Gasteiger partial charge in [-0.15, -0.1) is 0 Å². The Labute approximate surface area is 180 Å². The van der Waals surface area contributed by atoms with Crippen LogP contribution < -0.4 is 5.32 Å². The first kappa shape index (κ1) is 20.0. The number of nitrogens with zero attached hydrogens (tertiary/aromatic N) is 3. The zero-order chi connectivity index (χ0) is 21.4. The number of furan rings is 1. The molecule has 162 valence electrons. The Morgan fingerprint density at radius 2 is 2.23 bits per heavy atom. The third-order valence-corrected chi connectivity index (χ3v) is 5.90. The summed E-state index contributed by atoms with van der Waals surface area (Å²) in [5.74, 6) is 1.20. The van der Waals surface area contributed by atoms with Crippen molar-refractivity contribution in [3.8, 4) is 11.3 Å². The summed E-state index contributed by atoms with van der Waals surface area (Å²) < 4.78 is 19.0. The zero-order valence-electron chi connectivity index (χ0n) is 17.8. The van der Waals surface area contributed by atoms with Crippen molar-refractivity contribution in [2.75, 3.05) is 26.4 Å². The number of aromatic nitrogens is 3. The lowest BCUT2D eigenvalue weighted by molar-refractivity contribution is -0.0856. The van der Waals surface area contributed by atoms with Crippen LogP contribution in [-0.4, -0.2) is 53.1 Å². The van der Waals surface area contributed by atoms with Gasteiger partial charge in [0.05, 0.1) is 43.9 Å². The molecular formula is C23H26N4O4. The predicted octanol–water partition coefficient (Wildman–Crippen LogP) is 2.70. The van der Waals surface area contributed by atoms with Gasteiger partial charge in [-0.25, -0.2) is 0 Å². The Morgan fingerprint density at radius 1 is 1.32 bits per heavy atom. The van der Waals surface area contributed by atoms with Crippen LogP contribution >= 0.6 is 0 Å². The molecule has 1 aliphatic heterocycles. The van der Waals surface area contributed by atoms with Crippen LogP contribution in [0.25, 0.3) is 11.3 Å². The van der Waals surface area contributed by atoms with E-state index in [1.54, 1.807) is 6.20 Å². The number of nitrogens with one attached hydrogen (secondary N) is 1. The number of pyridine rings is 1. The summed E-state index contributed by atoms with van der Waals surface area (Å²) in [7, 11) is 0. The van der Waals surface area contributed by atoms with Gasteiger partial charge in [-0.05, 0) is 25.0 Å². The number of fused-ring (bicyclic) bond motifs is 3. The molecule has 8 nitrogen and oxygen atoms in total. The number of amides is 1. The van der Waals surface area contributed by atoms with Gasteiger partial charge in [0.15, 0.2) is 5.76 Å². The topological polar surface area (TPSA) is 91.4 Å². The van der Waals surface area contributed by atoms with Gasteiger partial charge in [0, 0.05) is 42.0 Å². The van der Waals surface area contributed by atoms with Crippen LogP contribution in [0.3, 0.4) is 0 Å². The highest BCUT2D eigenvalue weighted by Gasteiger charge is 2.33. The second-order valence-electron chi connectivity index (χ2n) is 8.19. The average molecular weight is 422 g/mol. The van der Waals surface area contributed by atoms with Crippen molar-refractivity contribution in [3.05, 3.63) is 58.9 Å². The molecule has 31 heavy (non-hydrogen) atoms. The van der Waals surface area contributed by atoms with Gasteiger partial charge < -0.3 is 19.2 Å². The molecule has 0 radical (unpaired) electrons. The standard InChI is InChI=1S/C23H26N4O4/c1-14-9-19-20(21-18(14)12-27(26-21)11-16-5-3-4-6-24-16)15(2)22(31-19)23(28)25-10-17-13-29-7-8-30-17/h3-6,12,14,17H,7-11,13H2,1-2H3,(H,25,28)/t14?,17-/m1/s1. The van der Waals surface area contributed by atoms with Gasteiger partial charge >= 0.3 is 0 Å². The van der Waals surface area contributed by atoms with Crippen molar-refractivity contribution in [1.29, 1.82) is 0 Å². The van der Waals surface area contributed by atoms with Crippen LogP contribution in [-0.2, 0) is 22.4 Å². The zero-order valence-corrected chi connectivity index (χ0v) is 17.8. The van der Waals surface area contributed by atoms with Crippen LogP contribution in [0.5, 0.6) is 0 Å². The van der Waals surface area contributed by atoms with Crippen LogP contribution in [0.2, 0.25) is 0 Å². The van der Waals surface area contributed by atoms with Gasteiger partial charge in [-0.2, -0.15) is 5.10 Å². The smallest absolute Gasteiger partial charge is 0.287 e. The number of ether oxygens (including phenoxy) is 2. The summed E-state index contributed by atoms with van der Waals surface area (Å²) in [5, 5.41) is 7.76. The predicted molar refractivity (Wildman–Crippen MR) is 113 cm³/mol. The molecule has 0 saturated carbocycles. The molecule has 3 aromatic rings. The fourth-order valence-electron chi connectivity index (χ4n) is 4.30. The first-order chi connectivity index (χ1) is 15.1. The Bertz CT molecular complexity index is 1080. The minimum Gasteiger partial charge on any atom is -0.455 e. The lowest BCUT2D eigenvalue weighted by atomic mass is 9.86. The quantitative estimate of drug-likeness (QED) is 0.680. The molecule has 0 spiro atoms. The van der Waals surface area contributed by atoms with Crippen LogP contribution in [0.4, 0.5) is 0 Å². The van der Waals surface area contributed by atoms with Crippen molar-refractivity contribution in [2.24, 2.45) is 0 Å². The SMILES string of the molecule is Cc1c(C(=O)NC[C@@H]2COCCO2)oc2c1-c1nn(Cc3ccccn3)cc1C(C)C2. The molecule has 5 rings (SSSR count). The van der Waals surface area contributed by atoms with E-state index < -0.39 is 0 Å². The minimum absolute atomic E-state index is 0.128. The van der Waals surface area contributed by atoms with Gasteiger partial charge in [0.1, 0.15) is 5.76 Å². The number of carbonyl (C=O) groups excluding carboxylic acids is 1. The molecule has 1 saturated heterocycles. The van der Waals surface area contributed by atoms with E-state index in [1.165, 1.54) is 5.56 Å². The van der Waals surface area contributed by atoms with Crippen molar-refractivity contribution in [3.63, 3.8) is 0 Å². The van der Waals surface area contributed by atoms with Crippen molar-refractivity contribution in [2.45, 2.75) is 38.8 Å². The fraction of sp³-hybridized carbons (Fsp3) is 0.435. The lowest BCUT2D eigenvalue weighted by Crippen LogP contribution is -2.39. The Morgan fingerprint density at radius 3 is 3.00 bits per heavy atom. The second kappa shape index (κ2) is 8.28. The molecule has 1 amide bonds. The Kier molecular flexibility index (Phi) is 5.33. The average Bonchev–Trinajstić information content (AvgIpc) is 3.34. The van der Waals surface area contributed by atoms with Crippen molar-refractivity contribution >= 4 is 5.91 Å². The molecule has 8 heteroatoms. The van der Waals surface area contributed by atoms with Crippen LogP contribution in [0.15, 0.2) is 35.0 Å². The normalized spacial score (nSPS) is 20.2. The van der Waals surface area contributed by atoms with Gasteiger partial charge in [-0.3, -0.25) is 14.5 Å². The summed E-state index contributed by atoms with van der Waals surface area (Å²) in [6, 6.07) is 5.87. The molecule has 0 bridgehead atoms. The lowest BCUT2D eigenvalue weighted by Gasteiger charge is -2.22. The van der Waals surface area contributed by atoms with E-state index in [0.717, 1.165) is 34.7 Å².